The molecule has 0 saturated carbocycles. The molecule has 2 heterocycles. The van der Waals surface area contributed by atoms with Gasteiger partial charge in [-0.3, -0.25) is 9.69 Å². The second kappa shape index (κ2) is 10.2. The Bertz CT molecular complexity index is 1070. The van der Waals surface area contributed by atoms with Gasteiger partial charge < -0.3 is 14.8 Å². The molecule has 0 radical (unpaired) electrons. The van der Waals surface area contributed by atoms with E-state index >= 15 is 0 Å². The van der Waals surface area contributed by atoms with Gasteiger partial charge in [0.05, 0.1) is 25.5 Å². The normalized spacial score (nSPS) is 14.2. The van der Waals surface area contributed by atoms with Gasteiger partial charge in [-0.05, 0) is 55.0 Å². The average Bonchev–Trinajstić information content (AvgIpc) is 3.31. The van der Waals surface area contributed by atoms with Crippen molar-refractivity contribution in [3.8, 4) is 5.69 Å². The minimum atomic E-state index is -0.453. The van der Waals surface area contributed by atoms with Crippen molar-refractivity contribution in [3.63, 3.8) is 0 Å². The summed E-state index contributed by atoms with van der Waals surface area (Å²) in [6.07, 6.45) is 1.69. The molecule has 0 unspecified atom stereocenters. The average molecular weight is 434 g/mol. The standard InChI is InChI=1S/C24H26N4O4/c1-2-32-24(30)22-10-11-28(26-22)21-8-6-20(7-9-21)25-23(29)19-5-3-4-18(16-19)17-27-12-14-31-15-13-27/h3-11,16H,2,12-15,17H2,1H3,(H,25,29). The van der Waals surface area contributed by atoms with Crippen molar-refractivity contribution in [2.75, 3.05) is 38.2 Å². The van der Waals surface area contributed by atoms with Crippen LogP contribution in [0.2, 0.25) is 0 Å². The van der Waals surface area contributed by atoms with Crippen LogP contribution in [0.1, 0.15) is 33.3 Å². The van der Waals surface area contributed by atoms with Crippen LogP contribution in [0.15, 0.2) is 60.8 Å². The zero-order chi connectivity index (χ0) is 22.3. The first-order valence-corrected chi connectivity index (χ1v) is 10.7. The van der Waals surface area contributed by atoms with Crippen molar-refractivity contribution < 1.29 is 19.1 Å². The smallest absolute Gasteiger partial charge is 0.358 e. The number of aromatic nitrogens is 2. The van der Waals surface area contributed by atoms with Crippen LogP contribution in [0.5, 0.6) is 0 Å². The van der Waals surface area contributed by atoms with Crippen LogP contribution in [-0.2, 0) is 16.0 Å². The van der Waals surface area contributed by atoms with Gasteiger partial charge in [-0.2, -0.15) is 5.10 Å². The van der Waals surface area contributed by atoms with Gasteiger partial charge in [-0.1, -0.05) is 12.1 Å². The fourth-order valence-corrected chi connectivity index (χ4v) is 3.51. The third-order valence-electron chi connectivity index (χ3n) is 5.16. The topological polar surface area (TPSA) is 85.7 Å². The molecular weight excluding hydrogens is 408 g/mol. The molecule has 0 aliphatic carbocycles. The molecule has 1 saturated heterocycles. The van der Waals surface area contributed by atoms with Gasteiger partial charge in [-0.15, -0.1) is 0 Å². The highest BCUT2D eigenvalue weighted by Gasteiger charge is 2.13. The van der Waals surface area contributed by atoms with Gasteiger partial charge in [0.1, 0.15) is 0 Å². The zero-order valence-corrected chi connectivity index (χ0v) is 18.0. The summed E-state index contributed by atoms with van der Waals surface area (Å²) in [5.41, 5.74) is 3.42. The van der Waals surface area contributed by atoms with Crippen LogP contribution in [-0.4, -0.2) is 59.5 Å². The number of hydrogen-bond donors (Lipinski definition) is 1. The Morgan fingerprint density at radius 2 is 1.88 bits per heavy atom. The van der Waals surface area contributed by atoms with Gasteiger partial charge in [-0.25, -0.2) is 9.48 Å². The Balaban J connectivity index is 1.38. The van der Waals surface area contributed by atoms with E-state index in [-0.39, 0.29) is 11.6 Å². The van der Waals surface area contributed by atoms with Gasteiger partial charge in [0.2, 0.25) is 0 Å². The number of morpholine rings is 1. The molecule has 0 bridgehead atoms. The van der Waals surface area contributed by atoms with E-state index in [4.69, 9.17) is 9.47 Å². The molecule has 0 atom stereocenters. The first-order chi connectivity index (χ1) is 15.6. The quantitative estimate of drug-likeness (QED) is 0.575. The van der Waals surface area contributed by atoms with E-state index in [9.17, 15) is 9.59 Å². The Kier molecular flexibility index (Phi) is 6.94. The Labute approximate surface area is 186 Å². The molecule has 3 aromatic rings. The minimum Gasteiger partial charge on any atom is -0.461 e. The number of ether oxygens (including phenoxy) is 2. The van der Waals surface area contributed by atoms with E-state index in [0.717, 1.165) is 44.1 Å². The third-order valence-corrected chi connectivity index (χ3v) is 5.16. The molecule has 1 amide bonds. The largest absolute Gasteiger partial charge is 0.461 e. The van der Waals surface area contributed by atoms with E-state index < -0.39 is 5.97 Å². The summed E-state index contributed by atoms with van der Waals surface area (Å²) < 4.78 is 11.9. The SMILES string of the molecule is CCOC(=O)c1ccn(-c2ccc(NC(=O)c3cccc(CN4CCOCC4)c3)cc2)n1. The number of hydrogen-bond acceptors (Lipinski definition) is 6. The van der Waals surface area contributed by atoms with Crippen LogP contribution in [0.4, 0.5) is 5.69 Å². The van der Waals surface area contributed by atoms with Gasteiger partial charge in [0, 0.05) is 37.1 Å². The van der Waals surface area contributed by atoms with E-state index in [1.165, 1.54) is 0 Å². The minimum absolute atomic E-state index is 0.162. The number of esters is 1. The summed E-state index contributed by atoms with van der Waals surface area (Å²) in [7, 11) is 0. The Morgan fingerprint density at radius 3 is 2.62 bits per heavy atom. The van der Waals surface area contributed by atoms with Gasteiger partial charge in [0.25, 0.3) is 5.91 Å². The fraction of sp³-hybridized carbons (Fsp3) is 0.292. The molecule has 8 nitrogen and oxygen atoms in total. The molecule has 4 rings (SSSR count). The molecule has 1 aliphatic rings. The summed E-state index contributed by atoms with van der Waals surface area (Å²) in [6.45, 7) is 6.16. The number of carbonyl (C=O) groups is 2. The van der Waals surface area contributed by atoms with E-state index in [0.29, 0.717) is 17.9 Å². The Hall–Kier alpha value is -3.49. The Morgan fingerprint density at radius 1 is 1.09 bits per heavy atom. The monoisotopic (exact) mass is 434 g/mol. The highest BCUT2D eigenvalue weighted by Crippen LogP contribution is 2.16. The molecule has 2 aromatic carbocycles. The second-order valence-corrected chi connectivity index (χ2v) is 7.46. The van der Waals surface area contributed by atoms with Crippen LogP contribution in [0.25, 0.3) is 5.69 Å². The van der Waals surface area contributed by atoms with Crippen molar-refractivity contribution in [2.45, 2.75) is 13.5 Å². The van der Waals surface area contributed by atoms with Crippen molar-refractivity contribution in [3.05, 3.63) is 77.6 Å². The predicted octanol–water partition coefficient (Wildman–Crippen LogP) is 3.13. The fourth-order valence-electron chi connectivity index (χ4n) is 3.51. The second-order valence-electron chi connectivity index (χ2n) is 7.46. The first-order valence-electron chi connectivity index (χ1n) is 10.7. The molecule has 1 aliphatic heterocycles. The van der Waals surface area contributed by atoms with Crippen molar-refractivity contribution in [2.24, 2.45) is 0 Å². The maximum Gasteiger partial charge on any atom is 0.358 e. The van der Waals surface area contributed by atoms with Gasteiger partial charge >= 0.3 is 5.97 Å². The highest BCUT2D eigenvalue weighted by atomic mass is 16.5. The lowest BCUT2D eigenvalue weighted by molar-refractivity contribution is 0.0342. The number of amides is 1. The third kappa shape index (κ3) is 5.40. The van der Waals surface area contributed by atoms with Crippen LogP contribution >= 0.6 is 0 Å². The van der Waals surface area contributed by atoms with Crippen molar-refractivity contribution >= 4 is 17.6 Å². The molecule has 166 valence electrons. The number of nitrogens with one attached hydrogen (secondary N) is 1. The predicted molar refractivity (Wildman–Crippen MR) is 120 cm³/mol. The number of rotatable bonds is 7. The number of carbonyl (C=O) groups excluding carboxylic acids is 2. The molecule has 32 heavy (non-hydrogen) atoms. The summed E-state index contributed by atoms with van der Waals surface area (Å²) in [6, 6.07) is 16.6. The van der Waals surface area contributed by atoms with Crippen LogP contribution < -0.4 is 5.32 Å². The van der Waals surface area contributed by atoms with E-state index in [1.54, 1.807) is 36.0 Å². The number of anilines is 1. The number of nitrogens with zero attached hydrogens (tertiary/aromatic N) is 3. The summed E-state index contributed by atoms with van der Waals surface area (Å²) in [5.74, 6) is -0.615. The molecule has 8 heteroatoms. The summed E-state index contributed by atoms with van der Waals surface area (Å²) in [4.78, 5) is 26.8. The van der Waals surface area contributed by atoms with Crippen molar-refractivity contribution in [1.29, 1.82) is 0 Å². The van der Waals surface area contributed by atoms with E-state index in [1.807, 2.05) is 36.4 Å². The van der Waals surface area contributed by atoms with Crippen LogP contribution in [0, 0.1) is 0 Å². The highest BCUT2D eigenvalue weighted by molar-refractivity contribution is 6.04. The lowest BCUT2D eigenvalue weighted by Crippen LogP contribution is -2.35. The van der Waals surface area contributed by atoms with E-state index in [2.05, 4.69) is 15.3 Å². The molecule has 1 N–H and O–H groups in total. The molecule has 1 fully saturated rings. The maximum atomic E-state index is 12.7. The zero-order valence-electron chi connectivity index (χ0n) is 18.0. The summed E-state index contributed by atoms with van der Waals surface area (Å²) in [5, 5.41) is 7.17. The summed E-state index contributed by atoms with van der Waals surface area (Å²) >= 11 is 0. The first kappa shape index (κ1) is 21.7. The molecule has 1 aromatic heterocycles. The maximum absolute atomic E-state index is 12.7. The lowest BCUT2D eigenvalue weighted by atomic mass is 10.1. The number of benzene rings is 2. The van der Waals surface area contributed by atoms with Crippen molar-refractivity contribution in [1.82, 2.24) is 14.7 Å². The van der Waals surface area contributed by atoms with Crippen LogP contribution in [0.3, 0.4) is 0 Å². The lowest BCUT2D eigenvalue weighted by Gasteiger charge is -2.26. The molecular formula is C24H26N4O4. The van der Waals surface area contributed by atoms with Gasteiger partial charge in [0.15, 0.2) is 5.69 Å². The molecule has 0 spiro atoms.